The topological polar surface area (TPSA) is 71.0 Å². The molecule has 1 aliphatic carbocycles. The number of hydrogen-bond donors (Lipinski definition) is 1. The summed E-state index contributed by atoms with van der Waals surface area (Å²) < 4.78 is 1.16. The summed E-state index contributed by atoms with van der Waals surface area (Å²) in [6, 6.07) is 8.29. The van der Waals surface area contributed by atoms with Crippen LogP contribution in [0.15, 0.2) is 29.8 Å². The first-order valence-corrected chi connectivity index (χ1v) is 12.3. The monoisotopic (exact) mass is 435 g/mol. The van der Waals surface area contributed by atoms with Crippen LogP contribution in [0.4, 0.5) is 5.82 Å². The molecule has 1 atom stereocenters. The largest absolute Gasteiger partial charge is 0.370 e. The number of likely N-dealkylation sites (tertiary alicyclic amines) is 1. The van der Waals surface area contributed by atoms with E-state index in [2.05, 4.69) is 37.3 Å². The Balaban J connectivity index is 1.25. The number of nitrogens with zero attached hydrogens (tertiary/aromatic N) is 4. The molecule has 7 heteroatoms. The van der Waals surface area contributed by atoms with E-state index in [9.17, 15) is 4.79 Å². The van der Waals surface area contributed by atoms with Gasteiger partial charge in [0.05, 0.1) is 21.4 Å². The van der Waals surface area contributed by atoms with Crippen LogP contribution in [0.1, 0.15) is 44.3 Å². The number of amides is 1. The standard InChI is InChI=1S/C24H29N5OS/c1-16-27-21(19-8-9-20-22(11-19)31-15-26-20)12-23(28-16)25-13-17-5-4-10-29(14-17)24(30)18-6-2-3-7-18/h8-9,11-12,15,17-18H,2-7,10,13-14H2,1H3,(H,25,27,28). The van der Waals surface area contributed by atoms with Gasteiger partial charge < -0.3 is 10.2 Å². The summed E-state index contributed by atoms with van der Waals surface area (Å²) in [7, 11) is 0. The maximum atomic E-state index is 12.8. The second kappa shape index (κ2) is 8.91. The molecule has 2 aliphatic rings. The Morgan fingerprint density at radius 1 is 1.16 bits per heavy atom. The highest BCUT2D eigenvalue weighted by molar-refractivity contribution is 7.16. The van der Waals surface area contributed by atoms with Gasteiger partial charge in [0.1, 0.15) is 11.6 Å². The summed E-state index contributed by atoms with van der Waals surface area (Å²) >= 11 is 1.64. The van der Waals surface area contributed by atoms with Gasteiger partial charge in [-0.25, -0.2) is 15.0 Å². The van der Waals surface area contributed by atoms with Crippen molar-refractivity contribution in [2.45, 2.75) is 45.4 Å². The number of hydrogen-bond acceptors (Lipinski definition) is 6. The van der Waals surface area contributed by atoms with Gasteiger partial charge in [0.15, 0.2) is 0 Å². The Bertz CT molecular complexity index is 1070. The Labute approximate surface area is 187 Å². The smallest absolute Gasteiger partial charge is 0.225 e. The van der Waals surface area contributed by atoms with Crippen molar-refractivity contribution in [1.82, 2.24) is 19.9 Å². The van der Waals surface area contributed by atoms with E-state index in [1.807, 2.05) is 24.6 Å². The molecular formula is C24H29N5OS. The van der Waals surface area contributed by atoms with Crippen LogP contribution in [0.2, 0.25) is 0 Å². The van der Waals surface area contributed by atoms with Crippen LogP contribution < -0.4 is 5.32 Å². The zero-order valence-electron chi connectivity index (χ0n) is 18.0. The molecule has 1 aliphatic heterocycles. The fourth-order valence-electron chi connectivity index (χ4n) is 4.93. The number of carbonyl (C=O) groups is 1. The molecule has 1 saturated carbocycles. The fraction of sp³-hybridized carbons (Fsp3) is 0.500. The van der Waals surface area contributed by atoms with Gasteiger partial charge in [-0.3, -0.25) is 4.79 Å². The van der Waals surface area contributed by atoms with Gasteiger partial charge in [0.2, 0.25) is 5.91 Å². The summed E-state index contributed by atoms with van der Waals surface area (Å²) in [5.74, 6) is 2.74. The maximum absolute atomic E-state index is 12.8. The highest BCUT2D eigenvalue weighted by Gasteiger charge is 2.30. The van der Waals surface area contributed by atoms with E-state index in [1.165, 1.54) is 12.8 Å². The lowest BCUT2D eigenvalue weighted by atomic mass is 9.96. The third-order valence-corrected chi connectivity index (χ3v) is 7.36. The molecule has 2 fully saturated rings. The number of aryl methyl sites for hydroxylation is 1. The number of rotatable bonds is 5. The summed E-state index contributed by atoms with van der Waals surface area (Å²) in [5, 5.41) is 3.53. The van der Waals surface area contributed by atoms with E-state index in [0.29, 0.717) is 11.8 Å². The Morgan fingerprint density at radius 2 is 2.03 bits per heavy atom. The average molecular weight is 436 g/mol. The molecule has 2 aromatic heterocycles. The van der Waals surface area contributed by atoms with Gasteiger partial charge in [-0.1, -0.05) is 18.9 Å². The molecule has 1 unspecified atom stereocenters. The molecule has 31 heavy (non-hydrogen) atoms. The molecule has 1 N–H and O–H groups in total. The highest BCUT2D eigenvalue weighted by atomic mass is 32.1. The molecular weight excluding hydrogens is 406 g/mol. The lowest BCUT2D eigenvalue weighted by Crippen LogP contribution is -2.44. The van der Waals surface area contributed by atoms with E-state index in [4.69, 9.17) is 0 Å². The van der Waals surface area contributed by atoms with Crippen molar-refractivity contribution in [1.29, 1.82) is 0 Å². The number of anilines is 1. The summed E-state index contributed by atoms with van der Waals surface area (Å²) in [6.45, 7) is 4.55. The van der Waals surface area contributed by atoms with Crippen molar-refractivity contribution >= 4 is 33.3 Å². The van der Waals surface area contributed by atoms with Gasteiger partial charge in [-0.05, 0) is 50.7 Å². The number of benzene rings is 1. The fourth-order valence-corrected chi connectivity index (χ4v) is 5.65. The number of aromatic nitrogens is 3. The van der Waals surface area contributed by atoms with E-state index in [0.717, 1.165) is 78.4 Å². The average Bonchev–Trinajstić information content (AvgIpc) is 3.48. The first-order chi connectivity index (χ1) is 15.2. The summed E-state index contributed by atoms with van der Waals surface area (Å²) in [6.07, 6.45) is 6.82. The number of piperidine rings is 1. The summed E-state index contributed by atoms with van der Waals surface area (Å²) in [5.41, 5.74) is 4.90. The van der Waals surface area contributed by atoms with Crippen molar-refractivity contribution in [2.75, 3.05) is 25.0 Å². The molecule has 0 bridgehead atoms. The van der Waals surface area contributed by atoms with Crippen molar-refractivity contribution in [3.8, 4) is 11.3 Å². The van der Waals surface area contributed by atoms with Crippen LogP contribution >= 0.6 is 11.3 Å². The first kappa shape index (κ1) is 20.4. The molecule has 5 rings (SSSR count). The third kappa shape index (κ3) is 4.56. The van der Waals surface area contributed by atoms with Crippen molar-refractivity contribution in [3.63, 3.8) is 0 Å². The SMILES string of the molecule is Cc1nc(NCC2CCCN(C(=O)C3CCCC3)C2)cc(-c2ccc3ncsc3c2)n1. The van der Waals surface area contributed by atoms with Gasteiger partial charge >= 0.3 is 0 Å². The highest BCUT2D eigenvalue weighted by Crippen LogP contribution is 2.29. The third-order valence-electron chi connectivity index (χ3n) is 6.57. The molecule has 1 aromatic carbocycles. The van der Waals surface area contributed by atoms with Gasteiger partial charge in [-0.15, -0.1) is 11.3 Å². The molecule has 1 saturated heterocycles. The van der Waals surface area contributed by atoms with Crippen LogP contribution in [0, 0.1) is 18.8 Å². The van der Waals surface area contributed by atoms with E-state index in [1.54, 1.807) is 11.3 Å². The normalized spacial score (nSPS) is 19.8. The number of fused-ring (bicyclic) bond motifs is 1. The van der Waals surface area contributed by atoms with Crippen molar-refractivity contribution in [3.05, 3.63) is 35.6 Å². The van der Waals surface area contributed by atoms with Crippen LogP contribution in [-0.4, -0.2) is 45.4 Å². The van der Waals surface area contributed by atoms with Crippen LogP contribution in [0.25, 0.3) is 21.5 Å². The number of nitrogens with one attached hydrogen (secondary N) is 1. The Morgan fingerprint density at radius 3 is 2.90 bits per heavy atom. The lowest BCUT2D eigenvalue weighted by Gasteiger charge is -2.34. The number of carbonyl (C=O) groups excluding carboxylic acids is 1. The molecule has 1 amide bonds. The predicted octanol–water partition coefficient (Wildman–Crippen LogP) is 4.90. The first-order valence-electron chi connectivity index (χ1n) is 11.4. The second-order valence-electron chi connectivity index (χ2n) is 8.88. The van der Waals surface area contributed by atoms with Crippen molar-refractivity contribution in [2.24, 2.45) is 11.8 Å². The van der Waals surface area contributed by atoms with Crippen molar-refractivity contribution < 1.29 is 4.79 Å². The van der Waals surface area contributed by atoms with Gasteiger partial charge in [0.25, 0.3) is 0 Å². The zero-order chi connectivity index (χ0) is 21.2. The van der Waals surface area contributed by atoms with E-state index >= 15 is 0 Å². The minimum absolute atomic E-state index is 0.273. The van der Waals surface area contributed by atoms with E-state index < -0.39 is 0 Å². The molecule has 0 radical (unpaired) electrons. The second-order valence-corrected chi connectivity index (χ2v) is 9.76. The zero-order valence-corrected chi connectivity index (χ0v) is 18.8. The van der Waals surface area contributed by atoms with E-state index in [-0.39, 0.29) is 5.92 Å². The lowest BCUT2D eigenvalue weighted by molar-refractivity contribution is -0.137. The molecule has 3 aromatic rings. The molecule has 6 nitrogen and oxygen atoms in total. The Kier molecular flexibility index (Phi) is 5.85. The van der Waals surface area contributed by atoms with Gasteiger partial charge in [0, 0.05) is 37.2 Å². The minimum Gasteiger partial charge on any atom is -0.370 e. The summed E-state index contributed by atoms with van der Waals surface area (Å²) in [4.78, 5) is 28.5. The Hall–Kier alpha value is -2.54. The van der Waals surface area contributed by atoms with Crippen LogP contribution in [-0.2, 0) is 4.79 Å². The quantitative estimate of drug-likeness (QED) is 0.617. The molecule has 3 heterocycles. The predicted molar refractivity (Wildman–Crippen MR) is 125 cm³/mol. The molecule has 0 spiro atoms. The maximum Gasteiger partial charge on any atom is 0.225 e. The molecule has 162 valence electrons. The van der Waals surface area contributed by atoms with Crippen LogP contribution in [0.5, 0.6) is 0 Å². The van der Waals surface area contributed by atoms with Gasteiger partial charge in [-0.2, -0.15) is 0 Å². The van der Waals surface area contributed by atoms with Crippen LogP contribution in [0.3, 0.4) is 0 Å². The number of thiazole rings is 1. The minimum atomic E-state index is 0.273.